The van der Waals surface area contributed by atoms with Crippen molar-refractivity contribution in [1.29, 1.82) is 0 Å². The first-order valence-electron chi connectivity index (χ1n) is 6.71. The second kappa shape index (κ2) is 5.71. The monoisotopic (exact) mass is 284 g/mol. The van der Waals surface area contributed by atoms with E-state index in [0.29, 0.717) is 5.75 Å². The Balaban J connectivity index is 1.66. The van der Waals surface area contributed by atoms with Gasteiger partial charge in [0.15, 0.2) is 5.78 Å². The Morgan fingerprint density at radius 1 is 1.20 bits per heavy atom. The molecule has 0 amide bonds. The maximum absolute atomic E-state index is 12.2. The molecular weight excluding hydrogens is 268 g/mol. The number of carbonyl (C=O) groups excluding carboxylic acids is 1. The third kappa shape index (κ3) is 2.88. The maximum Gasteiger partial charge on any atom is 0.173 e. The fourth-order valence-electron chi connectivity index (χ4n) is 2.23. The van der Waals surface area contributed by atoms with E-state index in [4.69, 9.17) is 4.74 Å². The van der Waals surface area contributed by atoms with E-state index >= 15 is 0 Å². The van der Waals surface area contributed by atoms with Crippen LogP contribution in [0.1, 0.15) is 21.5 Å². The topological polar surface area (TPSA) is 26.3 Å². The van der Waals surface area contributed by atoms with Crippen LogP contribution in [0.2, 0.25) is 0 Å². The van der Waals surface area contributed by atoms with Crippen molar-refractivity contribution in [2.45, 2.75) is 18.2 Å². The molecule has 0 saturated heterocycles. The van der Waals surface area contributed by atoms with Gasteiger partial charge in [0.1, 0.15) is 5.75 Å². The number of Topliss-reactive ketones (excluding diaryl/α,β-unsaturated/α-hetero) is 1. The minimum Gasteiger partial charge on any atom is -0.493 e. The van der Waals surface area contributed by atoms with Crippen molar-refractivity contribution >= 4 is 17.5 Å². The summed E-state index contributed by atoms with van der Waals surface area (Å²) >= 11 is 1.58. The molecule has 0 aliphatic carbocycles. The molecule has 0 bridgehead atoms. The van der Waals surface area contributed by atoms with Gasteiger partial charge >= 0.3 is 0 Å². The van der Waals surface area contributed by atoms with Gasteiger partial charge in [-0.25, -0.2) is 0 Å². The van der Waals surface area contributed by atoms with Crippen LogP contribution >= 0.6 is 11.8 Å². The van der Waals surface area contributed by atoms with Gasteiger partial charge in [-0.15, -0.1) is 11.8 Å². The standard InChI is InChI=1S/C17H16O2S/c1-12-2-5-15(6-3-12)20-11-16(18)13-4-7-17-14(10-13)8-9-19-17/h2-7,10H,8-9,11H2,1H3. The summed E-state index contributed by atoms with van der Waals surface area (Å²) in [7, 11) is 0. The van der Waals surface area contributed by atoms with Gasteiger partial charge in [-0.3, -0.25) is 4.79 Å². The van der Waals surface area contributed by atoms with Gasteiger partial charge in [0.2, 0.25) is 0 Å². The number of aryl methyl sites for hydroxylation is 1. The van der Waals surface area contributed by atoms with Gasteiger partial charge in [0.05, 0.1) is 12.4 Å². The molecule has 0 saturated carbocycles. The highest BCUT2D eigenvalue weighted by atomic mass is 32.2. The lowest BCUT2D eigenvalue weighted by molar-refractivity contribution is 0.102. The summed E-state index contributed by atoms with van der Waals surface area (Å²) < 4.78 is 5.46. The third-order valence-corrected chi connectivity index (χ3v) is 4.41. The highest BCUT2D eigenvalue weighted by molar-refractivity contribution is 8.00. The first-order valence-corrected chi connectivity index (χ1v) is 7.69. The Morgan fingerprint density at radius 3 is 2.80 bits per heavy atom. The average molecular weight is 284 g/mol. The number of hydrogen-bond donors (Lipinski definition) is 0. The number of benzene rings is 2. The van der Waals surface area contributed by atoms with Crippen molar-refractivity contribution in [2.75, 3.05) is 12.4 Å². The maximum atomic E-state index is 12.2. The fraction of sp³-hybridized carbons (Fsp3) is 0.235. The van der Waals surface area contributed by atoms with E-state index in [2.05, 4.69) is 31.2 Å². The number of thioether (sulfide) groups is 1. The SMILES string of the molecule is Cc1ccc(SCC(=O)c2ccc3c(c2)CCO3)cc1. The van der Waals surface area contributed by atoms with Crippen molar-refractivity contribution in [1.82, 2.24) is 0 Å². The average Bonchev–Trinajstić information content (AvgIpc) is 2.93. The van der Waals surface area contributed by atoms with Crippen molar-refractivity contribution in [3.63, 3.8) is 0 Å². The van der Waals surface area contributed by atoms with Crippen LogP contribution in [0.4, 0.5) is 0 Å². The molecule has 3 heteroatoms. The van der Waals surface area contributed by atoms with Gasteiger partial charge in [0, 0.05) is 16.9 Å². The molecule has 0 radical (unpaired) electrons. The quantitative estimate of drug-likeness (QED) is 0.629. The van der Waals surface area contributed by atoms with E-state index in [1.54, 1.807) is 11.8 Å². The summed E-state index contributed by atoms with van der Waals surface area (Å²) in [5.74, 6) is 1.57. The van der Waals surface area contributed by atoms with Gasteiger partial charge in [-0.1, -0.05) is 17.7 Å². The second-order valence-corrected chi connectivity index (χ2v) is 5.99. The molecule has 1 aliphatic heterocycles. The van der Waals surface area contributed by atoms with E-state index in [0.717, 1.165) is 34.8 Å². The van der Waals surface area contributed by atoms with Crippen LogP contribution in [-0.4, -0.2) is 18.1 Å². The molecule has 0 N–H and O–H groups in total. The van der Waals surface area contributed by atoms with Crippen LogP contribution in [-0.2, 0) is 6.42 Å². The van der Waals surface area contributed by atoms with Gasteiger partial charge in [-0.05, 0) is 42.8 Å². The molecule has 0 spiro atoms. The van der Waals surface area contributed by atoms with E-state index in [-0.39, 0.29) is 5.78 Å². The van der Waals surface area contributed by atoms with Crippen LogP contribution in [0.5, 0.6) is 5.75 Å². The Morgan fingerprint density at radius 2 is 2.00 bits per heavy atom. The number of ether oxygens (including phenoxy) is 1. The fourth-order valence-corrected chi connectivity index (χ4v) is 3.02. The lowest BCUT2D eigenvalue weighted by Gasteiger charge is -2.04. The molecule has 0 atom stereocenters. The zero-order chi connectivity index (χ0) is 13.9. The highest BCUT2D eigenvalue weighted by Crippen LogP contribution is 2.27. The molecule has 3 rings (SSSR count). The number of ketones is 1. The van der Waals surface area contributed by atoms with E-state index < -0.39 is 0 Å². The number of hydrogen-bond acceptors (Lipinski definition) is 3. The molecular formula is C17H16O2S. The summed E-state index contributed by atoms with van der Waals surface area (Å²) in [6.07, 6.45) is 0.904. The number of fused-ring (bicyclic) bond motifs is 1. The van der Waals surface area contributed by atoms with Crippen molar-refractivity contribution in [2.24, 2.45) is 0 Å². The molecule has 0 aromatic heterocycles. The first kappa shape index (κ1) is 13.3. The summed E-state index contributed by atoms with van der Waals surface area (Å²) in [6.45, 7) is 2.79. The van der Waals surface area contributed by atoms with Gasteiger partial charge < -0.3 is 4.74 Å². The molecule has 2 aromatic rings. The van der Waals surface area contributed by atoms with E-state index in [1.165, 1.54) is 5.56 Å². The minimum atomic E-state index is 0.172. The molecule has 2 nitrogen and oxygen atoms in total. The second-order valence-electron chi connectivity index (χ2n) is 4.95. The summed E-state index contributed by atoms with van der Waals surface area (Å²) in [5, 5.41) is 0. The van der Waals surface area contributed by atoms with Crippen LogP contribution in [0.3, 0.4) is 0 Å². The predicted octanol–water partition coefficient (Wildman–Crippen LogP) is 3.90. The largest absolute Gasteiger partial charge is 0.493 e. The summed E-state index contributed by atoms with van der Waals surface area (Å²) in [4.78, 5) is 13.4. The van der Waals surface area contributed by atoms with E-state index in [1.807, 2.05) is 18.2 Å². The molecule has 102 valence electrons. The molecule has 20 heavy (non-hydrogen) atoms. The summed E-state index contributed by atoms with van der Waals surface area (Å²) in [5.41, 5.74) is 3.17. The third-order valence-electron chi connectivity index (χ3n) is 3.40. The van der Waals surface area contributed by atoms with Crippen molar-refractivity contribution in [3.8, 4) is 5.75 Å². The Kier molecular flexibility index (Phi) is 3.79. The minimum absolute atomic E-state index is 0.172. The highest BCUT2D eigenvalue weighted by Gasteiger charge is 2.15. The lowest BCUT2D eigenvalue weighted by Crippen LogP contribution is -2.02. The van der Waals surface area contributed by atoms with Crippen LogP contribution in [0.25, 0.3) is 0 Å². The normalized spacial score (nSPS) is 12.8. The zero-order valence-electron chi connectivity index (χ0n) is 11.4. The molecule has 1 aliphatic rings. The Labute approximate surface area is 123 Å². The Bertz CT molecular complexity index is 632. The molecule has 1 heterocycles. The smallest absolute Gasteiger partial charge is 0.173 e. The van der Waals surface area contributed by atoms with Crippen LogP contribution in [0.15, 0.2) is 47.4 Å². The van der Waals surface area contributed by atoms with Crippen molar-refractivity contribution in [3.05, 3.63) is 59.2 Å². The van der Waals surface area contributed by atoms with E-state index in [9.17, 15) is 4.79 Å². The number of carbonyl (C=O) groups is 1. The molecule has 2 aromatic carbocycles. The lowest BCUT2D eigenvalue weighted by atomic mass is 10.1. The Hall–Kier alpha value is -1.74. The first-order chi connectivity index (χ1) is 9.72. The summed E-state index contributed by atoms with van der Waals surface area (Å²) in [6, 6.07) is 14.0. The number of rotatable bonds is 4. The predicted molar refractivity (Wildman–Crippen MR) is 81.9 cm³/mol. The zero-order valence-corrected chi connectivity index (χ0v) is 12.2. The van der Waals surface area contributed by atoms with Crippen molar-refractivity contribution < 1.29 is 9.53 Å². The molecule has 0 unspecified atom stereocenters. The molecule has 0 fully saturated rings. The van der Waals surface area contributed by atoms with Gasteiger partial charge in [-0.2, -0.15) is 0 Å². The van der Waals surface area contributed by atoms with Gasteiger partial charge in [0.25, 0.3) is 0 Å². The van der Waals surface area contributed by atoms with Crippen LogP contribution in [0, 0.1) is 6.92 Å². The van der Waals surface area contributed by atoms with Crippen LogP contribution < -0.4 is 4.74 Å².